The maximum atomic E-state index is 9.80. The Hall–Kier alpha value is -0.110. The Bertz CT molecular complexity index is 262. The first-order valence-corrected chi connectivity index (χ1v) is 7.72. The van der Waals surface area contributed by atoms with Crippen LogP contribution in [-0.4, -0.2) is 61.4 Å². The minimum atomic E-state index is -1.61. The number of hydrogen-bond acceptors (Lipinski definition) is 6. The molecular formula is C14H28O5S. The van der Waals surface area contributed by atoms with Gasteiger partial charge < -0.3 is 25.5 Å². The molecule has 0 unspecified atom stereocenters. The summed E-state index contributed by atoms with van der Waals surface area (Å²) in [5.41, 5.74) is 0. The Balaban J connectivity index is 3.96. The normalized spacial score (nSPS) is 17.5. The van der Waals surface area contributed by atoms with Gasteiger partial charge in [0.15, 0.2) is 0 Å². The predicted molar refractivity (Wildman–Crippen MR) is 81.7 cm³/mol. The molecule has 120 valence electrons. The molecule has 0 aromatic heterocycles. The van der Waals surface area contributed by atoms with Crippen LogP contribution in [0.4, 0.5) is 0 Å². The molecule has 6 heteroatoms. The van der Waals surface area contributed by atoms with E-state index in [4.69, 9.17) is 17.3 Å². The van der Waals surface area contributed by atoms with Crippen molar-refractivity contribution in [2.75, 3.05) is 6.61 Å². The molecule has 0 aliphatic heterocycles. The van der Waals surface area contributed by atoms with E-state index in [0.29, 0.717) is 6.42 Å². The Labute approximate surface area is 126 Å². The maximum Gasteiger partial charge on any atom is 0.114 e. The molecule has 0 aromatic carbocycles. The van der Waals surface area contributed by atoms with E-state index in [1.807, 2.05) is 0 Å². The third kappa shape index (κ3) is 7.61. The summed E-state index contributed by atoms with van der Waals surface area (Å²) >= 11 is 5.03. The highest BCUT2D eigenvalue weighted by Gasteiger charge is 2.31. The lowest BCUT2D eigenvalue weighted by Gasteiger charge is -2.26. The van der Waals surface area contributed by atoms with Crippen LogP contribution in [0.1, 0.15) is 51.9 Å². The Morgan fingerprint density at radius 3 is 2.00 bits per heavy atom. The van der Waals surface area contributed by atoms with Gasteiger partial charge in [-0.2, -0.15) is 0 Å². The van der Waals surface area contributed by atoms with Gasteiger partial charge in [0.05, 0.1) is 6.61 Å². The van der Waals surface area contributed by atoms with Crippen molar-refractivity contribution in [3.63, 3.8) is 0 Å². The second-order valence-corrected chi connectivity index (χ2v) is 5.68. The van der Waals surface area contributed by atoms with Crippen LogP contribution in [0.2, 0.25) is 0 Å². The molecule has 0 aliphatic rings. The molecule has 0 heterocycles. The lowest BCUT2D eigenvalue weighted by atomic mass is 9.98. The summed E-state index contributed by atoms with van der Waals surface area (Å²) in [6, 6.07) is 0. The van der Waals surface area contributed by atoms with E-state index < -0.39 is 31.0 Å². The van der Waals surface area contributed by atoms with Crippen LogP contribution in [0, 0.1) is 0 Å². The Morgan fingerprint density at radius 2 is 1.45 bits per heavy atom. The molecule has 0 amide bonds. The minimum Gasteiger partial charge on any atom is -0.394 e. The van der Waals surface area contributed by atoms with E-state index in [0.717, 1.165) is 19.3 Å². The fourth-order valence-corrected chi connectivity index (χ4v) is 2.22. The number of aliphatic hydroxyl groups is 5. The van der Waals surface area contributed by atoms with Gasteiger partial charge in [-0.05, 0) is 12.8 Å². The number of unbranched alkanes of at least 4 members (excludes halogenated alkanes) is 5. The fourth-order valence-electron chi connectivity index (χ4n) is 1.94. The van der Waals surface area contributed by atoms with E-state index in [1.165, 1.54) is 19.3 Å². The number of thiocarbonyl (C=S) groups is 1. The molecule has 0 saturated carbocycles. The van der Waals surface area contributed by atoms with Gasteiger partial charge in [0.1, 0.15) is 24.4 Å². The molecule has 0 fully saturated rings. The van der Waals surface area contributed by atoms with Gasteiger partial charge in [-0.15, -0.1) is 0 Å². The van der Waals surface area contributed by atoms with Crippen molar-refractivity contribution < 1.29 is 25.5 Å². The zero-order valence-electron chi connectivity index (χ0n) is 12.1. The van der Waals surface area contributed by atoms with E-state index in [-0.39, 0.29) is 4.86 Å². The summed E-state index contributed by atoms with van der Waals surface area (Å²) in [5.74, 6) is 0. The van der Waals surface area contributed by atoms with Gasteiger partial charge in [0.25, 0.3) is 0 Å². The van der Waals surface area contributed by atoms with E-state index in [9.17, 15) is 20.4 Å². The van der Waals surface area contributed by atoms with Gasteiger partial charge in [0, 0.05) is 4.86 Å². The monoisotopic (exact) mass is 308 g/mol. The first kappa shape index (κ1) is 19.9. The standard InChI is InChI=1S/C14H28O5S/c1-2-3-4-5-6-7-8-11(20)13(18)14(19)12(17)10(16)9-15/h10,12-19H,2-9H2,1H3/t10-,12-,13+,14+/m1/s1. The predicted octanol–water partition coefficient (Wildman–Crippen LogP) is 0.543. The first-order chi connectivity index (χ1) is 9.45. The Kier molecular flexibility index (Phi) is 11.5. The Morgan fingerprint density at radius 1 is 0.900 bits per heavy atom. The second-order valence-electron chi connectivity index (χ2n) is 5.16. The highest BCUT2D eigenvalue weighted by Crippen LogP contribution is 2.13. The van der Waals surface area contributed by atoms with Crippen molar-refractivity contribution in [1.29, 1.82) is 0 Å². The summed E-state index contributed by atoms with van der Waals surface area (Å²) in [4.78, 5) is 0.275. The van der Waals surface area contributed by atoms with Crippen LogP contribution in [-0.2, 0) is 0 Å². The van der Waals surface area contributed by atoms with Crippen LogP contribution in [0.25, 0.3) is 0 Å². The lowest BCUT2D eigenvalue weighted by molar-refractivity contribution is -0.101. The number of hydrogen-bond donors (Lipinski definition) is 5. The van der Waals surface area contributed by atoms with Gasteiger partial charge in [-0.1, -0.05) is 51.2 Å². The summed E-state index contributed by atoms with van der Waals surface area (Å²) in [7, 11) is 0. The summed E-state index contributed by atoms with van der Waals surface area (Å²) < 4.78 is 0. The summed E-state index contributed by atoms with van der Waals surface area (Å²) in [6.45, 7) is 1.47. The van der Waals surface area contributed by atoms with Crippen LogP contribution >= 0.6 is 12.2 Å². The van der Waals surface area contributed by atoms with Gasteiger partial charge in [-0.25, -0.2) is 0 Å². The van der Waals surface area contributed by atoms with Crippen LogP contribution in [0.5, 0.6) is 0 Å². The van der Waals surface area contributed by atoms with Gasteiger partial charge >= 0.3 is 0 Å². The molecule has 0 saturated heterocycles. The molecule has 20 heavy (non-hydrogen) atoms. The van der Waals surface area contributed by atoms with Gasteiger partial charge in [0.2, 0.25) is 0 Å². The van der Waals surface area contributed by atoms with Crippen molar-refractivity contribution in [1.82, 2.24) is 0 Å². The van der Waals surface area contributed by atoms with Crippen molar-refractivity contribution in [3.8, 4) is 0 Å². The molecule has 0 bridgehead atoms. The first-order valence-electron chi connectivity index (χ1n) is 7.31. The highest BCUT2D eigenvalue weighted by molar-refractivity contribution is 7.80. The molecular weight excluding hydrogens is 280 g/mol. The molecule has 0 radical (unpaired) electrons. The molecule has 4 atom stereocenters. The fraction of sp³-hybridized carbons (Fsp3) is 0.929. The lowest BCUT2D eigenvalue weighted by Crippen LogP contribution is -2.48. The second kappa shape index (κ2) is 11.5. The van der Waals surface area contributed by atoms with Crippen LogP contribution in [0.15, 0.2) is 0 Å². The average molecular weight is 308 g/mol. The minimum absolute atomic E-state index is 0.275. The zero-order chi connectivity index (χ0) is 15.5. The number of aliphatic hydroxyl groups excluding tert-OH is 5. The van der Waals surface area contributed by atoms with Crippen molar-refractivity contribution in [3.05, 3.63) is 0 Å². The quantitative estimate of drug-likeness (QED) is 0.266. The van der Waals surface area contributed by atoms with Crippen molar-refractivity contribution in [2.45, 2.75) is 76.3 Å². The summed E-state index contributed by atoms with van der Waals surface area (Å²) in [6.07, 6.45) is 1.04. The smallest absolute Gasteiger partial charge is 0.114 e. The van der Waals surface area contributed by atoms with Crippen molar-refractivity contribution >= 4 is 17.1 Å². The molecule has 0 rings (SSSR count). The molecule has 5 N–H and O–H groups in total. The zero-order valence-corrected chi connectivity index (χ0v) is 12.9. The van der Waals surface area contributed by atoms with Crippen LogP contribution < -0.4 is 0 Å². The maximum absolute atomic E-state index is 9.80. The third-order valence-corrected chi connectivity index (χ3v) is 3.81. The molecule has 0 aliphatic carbocycles. The topological polar surface area (TPSA) is 101 Å². The SMILES string of the molecule is CCCCCCCCC(=S)[C@H](O)[C@@H](O)[C@H](O)[C@H](O)CO. The highest BCUT2D eigenvalue weighted by atomic mass is 32.1. The number of rotatable bonds is 12. The molecule has 5 nitrogen and oxygen atoms in total. The van der Waals surface area contributed by atoms with Crippen molar-refractivity contribution in [2.24, 2.45) is 0 Å². The summed E-state index contributed by atoms with van der Waals surface area (Å²) in [5, 5.41) is 46.9. The largest absolute Gasteiger partial charge is 0.394 e. The van der Waals surface area contributed by atoms with Gasteiger partial charge in [-0.3, -0.25) is 0 Å². The van der Waals surface area contributed by atoms with E-state index >= 15 is 0 Å². The molecule has 0 aromatic rings. The third-order valence-electron chi connectivity index (χ3n) is 3.36. The van der Waals surface area contributed by atoms with E-state index in [1.54, 1.807) is 0 Å². The van der Waals surface area contributed by atoms with Crippen LogP contribution in [0.3, 0.4) is 0 Å². The average Bonchev–Trinajstić information content (AvgIpc) is 2.47. The molecule has 0 spiro atoms. The van der Waals surface area contributed by atoms with E-state index in [2.05, 4.69) is 6.92 Å².